The van der Waals surface area contributed by atoms with Crippen LogP contribution in [0.1, 0.15) is 18.2 Å². The molecule has 3 rings (SSSR count). The van der Waals surface area contributed by atoms with Crippen molar-refractivity contribution in [1.29, 1.82) is 0 Å². The molecule has 0 radical (unpaired) electrons. The molecule has 0 unspecified atom stereocenters. The Morgan fingerprint density at radius 3 is 2.64 bits per heavy atom. The number of aliphatic hydroxyl groups is 1. The molecule has 192 valence electrons. The molecule has 3 aromatic rings. The molecule has 0 saturated carbocycles. The first-order valence-electron chi connectivity index (χ1n) is 11.7. The average Bonchev–Trinajstić information content (AvgIpc) is 3.21. The number of ether oxygens (including phenoxy) is 3. The second-order valence-electron chi connectivity index (χ2n) is 8.11. The molecule has 36 heavy (non-hydrogen) atoms. The molecule has 7 nitrogen and oxygen atoms in total. The molecule has 1 atom stereocenters. The van der Waals surface area contributed by atoms with Gasteiger partial charge < -0.3 is 19.3 Å². The van der Waals surface area contributed by atoms with Gasteiger partial charge in [-0.1, -0.05) is 31.0 Å². The predicted octanol–water partition coefficient (Wildman–Crippen LogP) is 3.96. The maximum atomic E-state index is 14.6. The summed E-state index contributed by atoms with van der Waals surface area (Å²) in [6, 6.07) is 12.5. The molecule has 9 heteroatoms. The summed E-state index contributed by atoms with van der Waals surface area (Å²) >= 11 is 0. The van der Waals surface area contributed by atoms with Gasteiger partial charge in [-0.25, -0.2) is 13.5 Å². The van der Waals surface area contributed by atoms with Crippen molar-refractivity contribution >= 4 is 0 Å². The second kappa shape index (κ2) is 13.7. The summed E-state index contributed by atoms with van der Waals surface area (Å²) in [5.41, 5.74) is 2.19. The third kappa shape index (κ3) is 7.35. The summed E-state index contributed by atoms with van der Waals surface area (Å²) in [6.07, 6.45) is 5.01. The van der Waals surface area contributed by atoms with E-state index in [1.54, 1.807) is 11.8 Å². The molecule has 2 aromatic carbocycles. The number of rotatable bonds is 14. The molecule has 0 spiro atoms. The number of hydrogen-bond acceptors (Lipinski definition) is 6. The molecule has 0 amide bonds. The van der Waals surface area contributed by atoms with E-state index in [0.29, 0.717) is 32.0 Å². The fraction of sp³-hybridized carbons (Fsp3) is 0.370. The number of aryl methyl sites for hydroxylation is 1. The number of nitrogens with zero attached hydrogens (tertiary/aromatic N) is 3. The van der Waals surface area contributed by atoms with Gasteiger partial charge in [0, 0.05) is 32.8 Å². The average molecular weight is 500 g/mol. The first-order chi connectivity index (χ1) is 17.5. The largest absolute Gasteiger partial charge is 0.435 e. The molecule has 0 bridgehead atoms. The second-order valence-corrected chi connectivity index (χ2v) is 8.11. The third-order valence-corrected chi connectivity index (χ3v) is 5.41. The van der Waals surface area contributed by atoms with Crippen molar-refractivity contribution in [2.24, 2.45) is 0 Å². The highest BCUT2D eigenvalue weighted by Crippen LogP contribution is 2.33. The van der Waals surface area contributed by atoms with E-state index in [1.165, 1.54) is 6.07 Å². The number of hydrogen-bond donors (Lipinski definition) is 1. The highest BCUT2D eigenvalue weighted by Gasteiger charge is 2.24. The fourth-order valence-electron chi connectivity index (χ4n) is 3.72. The zero-order chi connectivity index (χ0) is 25.9. The van der Waals surface area contributed by atoms with E-state index < -0.39 is 17.7 Å². The Hall–Kier alpha value is -3.29. The smallest absolute Gasteiger partial charge is 0.227 e. The number of aromatic nitrogens is 2. The standard InChI is InChI=1S/C27H31F2N3O4/c1-4-14-35-19-22(33)17-31(13-15-34-3)18-23-25(5-2)30-32(21-9-7-6-8-10-21)27(23)36-26-12-11-20(28)16-24(26)29/h1,6-12,16,22,33H,5,13-15,17-19H2,2-3H3/t22-/m1/s1. The lowest BCUT2D eigenvalue weighted by Crippen LogP contribution is -2.36. The van der Waals surface area contributed by atoms with Crippen LogP contribution >= 0.6 is 0 Å². The van der Waals surface area contributed by atoms with Crippen LogP contribution in [0.2, 0.25) is 0 Å². The molecule has 1 N–H and O–H groups in total. The molecular weight excluding hydrogens is 468 g/mol. The van der Waals surface area contributed by atoms with Crippen molar-refractivity contribution in [2.75, 3.05) is 40.0 Å². The molecular formula is C27H31F2N3O4. The zero-order valence-corrected chi connectivity index (χ0v) is 20.5. The van der Waals surface area contributed by atoms with Gasteiger partial charge in [0.1, 0.15) is 12.4 Å². The van der Waals surface area contributed by atoms with Crippen LogP contribution in [-0.4, -0.2) is 65.9 Å². The Morgan fingerprint density at radius 2 is 1.97 bits per heavy atom. The first kappa shape index (κ1) is 27.3. The third-order valence-electron chi connectivity index (χ3n) is 5.41. The minimum absolute atomic E-state index is 0.0851. The Kier molecular flexibility index (Phi) is 10.4. The van der Waals surface area contributed by atoms with Crippen molar-refractivity contribution in [1.82, 2.24) is 14.7 Å². The van der Waals surface area contributed by atoms with Gasteiger partial charge in [0.25, 0.3) is 0 Å². The van der Waals surface area contributed by atoms with Gasteiger partial charge in [-0.2, -0.15) is 5.10 Å². The Balaban J connectivity index is 2.00. The van der Waals surface area contributed by atoms with Crippen LogP contribution in [0.4, 0.5) is 8.78 Å². The van der Waals surface area contributed by atoms with Crippen LogP contribution < -0.4 is 4.74 Å². The van der Waals surface area contributed by atoms with Gasteiger partial charge in [-0.05, 0) is 30.7 Å². The van der Waals surface area contributed by atoms with E-state index in [-0.39, 0.29) is 25.5 Å². The van der Waals surface area contributed by atoms with E-state index in [1.807, 2.05) is 42.2 Å². The van der Waals surface area contributed by atoms with Crippen LogP contribution in [0, 0.1) is 24.0 Å². The lowest BCUT2D eigenvalue weighted by Gasteiger charge is -2.25. The number of terminal acetylenes is 1. The quantitative estimate of drug-likeness (QED) is 0.268. The molecule has 1 aromatic heterocycles. The van der Waals surface area contributed by atoms with E-state index in [2.05, 4.69) is 5.92 Å². The van der Waals surface area contributed by atoms with Gasteiger partial charge in [0.15, 0.2) is 11.6 Å². The predicted molar refractivity (Wildman–Crippen MR) is 132 cm³/mol. The van der Waals surface area contributed by atoms with Crippen LogP contribution in [0.3, 0.4) is 0 Å². The van der Waals surface area contributed by atoms with E-state index >= 15 is 0 Å². The lowest BCUT2D eigenvalue weighted by atomic mass is 10.1. The lowest BCUT2D eigenvalue weighted by molar-refractivity contribution is 0.0205. The summed E-state index contributed by atoms with van der Waals surface area (Å²) < 4.78 is 46.3. The van der Waals surface area contributed by atoms with Crippen LogP contribution in [0.5, 0.6) is 11.6 Å². The van der Waals surface area contributed by atoms with Crippen molar-refractivity contribution < 1.29 is 28.1 Å². The maximum Gasteiger partial charge on any atom is 0.227 e. The van der Waals surface area contributed by atoms with Gasteiger partial charge in [-0.15, -0.1) is 6.42 Å². The van der Waals surface area contributed by atoms with E-state index in [9.17, 15) is 13.9 Å². The Bertz CT molecular complexity index is 1150. The fourth-order valence-corrected chi connectivity index (χ4v) is 3.72. The monoisotopic (exact) mass is 499 g/mol. The van der Waals surface area contributed by atoms with Crippen molar-refractivity contribution in [3.05, 3.63) is 71.4 Å². The topological polar surface area (TPSA) is 69.0 Å². The van der Waals surface area contributed by atoms with Crippen LogP contribution in [0.15, 0.2) is 48.5 Å². The van der Waals surface area contributed by atoms with E-state index in [4.69, 9.17) is 25.7 Å². The first-order valence-corrected chi connectivity index (χ1v) is 11.7. The molecule has 0 aliphatic carbocycles. The summed E-state index contributed by atoms with van der Waals surface area (Å²) in [5.74, 6) is 1.04. The SMILES string of the molecule is C#CCOC[C@H](O)CN(CCOC)Cc1c(CC)nn(-c2ccccc2)c1Oc1ccc(F)cc1F. The van der Waals surface area contributed by atoms with E-state index in [0.717, 1.165) is 29.1 Å². The number of methoxy groups -OCH3 is 1. The molecule has 1 heterocycles. The highest BCUT2D eigenvalue weighted by molar-refractivity contribution is 5.44. The summed E-state index contributed by atoms with van der Waals surface area (Å²) in [7, 11) is 1.60. The van der Waals surface area contributed by atoms with Gasteiger partial charge in [0.05, 0.1) is 36.3 Å². The van der Waals surface area contributed by atoms with Crippen LogP contribution in [0.25, 0.3) is 5.69 Å². The zero-order valence-electron chi connectivity index (χ0n) is 20.5. The van der Waals surface area contributed by atoms with Gasteiger partial charge in [-0.3, -0.25) is 4.90 Å². The highest BCUT2D eigenvalue weighted by atomic mass is 19.1. The summed E-state index contributed by atoms with van der Waals surface area (Å²) in [4.78, 5) is 1.98. The number of para-hydroxylation sites is 1. The van der Waals surface area contributed by atoms with Crippen molar-refractivity contribution in [2.45, 2.75) is 26.0 Å². The van der Waals surface area contributed by atoms with Crippen molar-refractivity contribution in [3.63, 3.8) is 0 Å². The summed E-state index contributed by atoms with van der Waals surface area (Å²) in [6.45, 7) is 3.71. The molecule has 0 fully saturated rings. The normalized spacial score (nSPS) is 12.0. The van der Waals surface area contributed by atoms with Crippen LogP contribution in [-0.2, 0) is 22.4 Å². The number of aliphatic hydroxyl groups excluding tert-OH is 1. The number of halogens is 2. The Labute approximate surface area is 210 Å². The van der Waals surface area contributed by atoms with Gasteiger partial charge >= 0.3 is 0 Å². The minimum atomic E-state index is -0.822. The summed E-state index contributed by atoms with van der Waals surface area (Å²) in [5, 5.41) is 15.2. The number of benzene rings is 2. The molecule has 0 aliphatic rings. The molecule has 0 aliphatic heterocycles. The minimum Gasteiger partial charge on any atom is -0.435 e. The maximum absolute atomic E-state index is 14.6. The Morgan fingerprint density at radius 1 is 1.19 bits per heavy atom. The van der Waals surface area contributed by atoms with Gasteiger partial charge in [0.2, 0.25) is 5.88 Å². The molecule has 0 saturated heterocycles. The van der Waals surface area contributed by atoms with Crippen molar-refractivity contribution in [3.8, 4) is 29.7 Å².